The number of amides is 1. The van der Waals surface area contributed by atoms with E-state index in [1.165, 1.54) is 19.2 Å². The highest BCUT2D eigenvalue weighted by Gasteiger charge is 2.39. The number of likely N-dealkylation sites (N-methyl/N-ethyl adjacent to an activating group) is 1. The first kappa shape index (κ1) is 32.5. The maximum Gasteiger partial charge on any atom is 0.434 e. The van der Waals surface area contributed by atoms with E-state index in [9.17, 15) is 26.7 Å². The van der Waals surface area contributed by atoms with Crippen molar-refractivity contribution < 1.29 is 36.4 Å². The van der Waals surface area contributed by atoms with Crippen molar-refractivity contribution in [2.75, 3.05) is 21.3 Å². The van der Waals surface area contributed by atoms with Crippen LogP contribution in [0.25, 0.3) is 11.8 Å². The largest absolute Gasteiger partial charge is 0.434 e. The van der Waals surface area contributed by atoms with Crippen LogP contribution < -0.4 is 0 Å². The molecule has 0 aromatic carbocycles. The minimum atomic E-state index is -5.03. The Morgan fingerprint density at radius 3 is 2.47 bits per heavy atom. The molecule has 7 nitrogen and oxygen atoms in total. The predicted molar refractivity (Wildman–Crippen MR) is 137 cm³/mol. The van der Waals surface area contributed by atoms with Crippen molar-refractivity contribution in [2.24, 2.45) is 5.16 Å². The molecule has 2 rings (SSSR count). The van der Waals surface area contributed by atoms with Crippen molar-refractivity contribution in [1.29, 1.82) is 0 Å². The summed E-state index contributed by atoms with van der Waals surface area (Å²) >= 11 is 6.16. The van der Waals surface area contributed by atoms with Crippen molar-refractivity contribution in [1.82, 2.24) is 14.8 Å². The summed E-state index contributed by atoms with van der Waals surface area (Å²) in [6, 6.07) is 0. The molecule has 208 valence electrons. The highest BCUT2D eigenvalue weighted by Crippen LogP contribution is 2.36. The van der Waals surface area contributed by atoms with Gasteiger partial charge in [-0.2, -0.15) is 18.3 Å². The van der Waals surface area contributed by atoms with Gasteiger partial charge in [-0.1, -0.05) is 49.8 Å². The number of rotatable bonds is 9. The summed E-state index contributed by atoms with van der Waals surface area (Å²) in [7, 11) is 3.43. The molecule has 13 heteroatoms. The molecule has 1 aromatic rings. The van der Waals surface area contributed by atoms with Crippen LogP contribution >= 0.6 is 11.6 Å². The number of allylic oxidation sites excluding steroid dienone is 8. The summed E-state index contributed by atoms with van der Waals surface area (Å²) in [5.41, 5.74) is -3.76. The van der Waals surface area contributed by atoms with Crippen LogP contribution in [0.3, 0.4) is 0 Å². The number of nitrogens with zero attached hydrogens (tertiary/aromatic N) is 4. The van der Waals surface area contributed by atoms with Crippen LogP contribution in [0.4, 0.5) is 22.0 Å². The lowest BCUT2D eigenvalue weighted by molar-refractivity contribution is -0.163. The van der Waals surface area contributed by atoms with Crippen LogP contribution in [0.2, 0.25) is 0 Å². The van der Waals surface area contributed by atoms with Gasteiger partial charge in [-0.05, 0) is 24.3 Å². The van der Waals surface area contributed by atoms with Crippen molar-refractivity contribution in [3.63, 3.8) is 0 Å². The molecule has 0 radical (unpaired) electrons. The van der Waals surface area contributed by atoms with Crippen molar-refractivity contribution in [3.05, 3.63) is 76.9 Å². The predicted octanol–water partition coefficient (Wildman–Crippen LogP) is 6.63. The van der Waals surface area contributed by atoms with Gasteiger partial charge in [-0.25, -0.2) is 18.5 Å². The molecule has 0 aliphatic heterocycles. The van der Waals surface area contributed by atoms with E-state index in [4.69, 9.17) is 21.3 Å². The van der Waals surface area contributed by atoms with Crippen molar-refractivity contribution >= 4 is 35.0 Å². The molecule has 1 amide bonds. The molecule has 0 saturated heterocycles. The summed E-state index contributed by atoms with van der Waals surface area (Å²) < 4.78 is 71.1. The van der Waals surface area contributed by atoms with Gasteiger partial charge >= 0.3 is 6.18 Å². The summed E-state index contributed by atoms with van der Waals surface area (Å²) in [5.74, 6) is -1.95. The van der Waals surface area contributed by atoms with Gasteiger partial charge in [-0.3, -0.25) is 9.63 Å². The molecule has 0 spiro atoms. The molecule has 1 aromatic heterocycles. The van der Waals surface area contributed by atoms with Crippen LogP contribution in [0.1, 0.15) is 31.5 Å². The molecule has 0 fully saturated rings. The van der Waals surface area contributed by atoms with E-state index in [-0.39, 0.29) is 17.0 Å². The fraction of sp³-hybridized carbons (Fsp3) is 0.320. The normalized spacial score (nSPS) is 16.6. The maximum absolute atomic E-state index is 14.9. The molecule has 1 unspecified atom stereocenters. The Labute approximate surface area is 222 Å². The van der Waals surface area contributed by atoms with E-state index in [0.717, 1.165) is 32.6 Å². The fourth-order valence-electron chi connectivity index (χ4n) is 3.13. The molecular formula is C25H28ClF5N4O3. The quantitative estimate of drug-likeness (QED) is 0.111. The Bertz CT molecular complexity index is 1200. The second kappa shape index (κ2) is 14.4. The Kier molecular flexibility index (Phi) is 12.4. The van der Waals surface area contributed by atoms with Gasteiger partial charge < -0.3 is 4.84 Å². The van der Waals surface area contributed by atoms with E-state index in [0.29, 0.717) is 15.8 Å². The van der Waals surface area contributed by atoms with E-state index < -0.39 is 52.3 Å². The number of aromatic nitrogens is 2. The zero-order chi connectivity index (χ0) is 29.2. The van der Waals surface area contributed by atoms with Crippen LogP contribution in [0.5, 0.6) is 0 Å². The number of carbonyl (C=O) groups is 1. The molecule has 1 atom stereocenters. The average molecular weight is 563 g/mol. The van der Waals surface area contributed by atoms with Crippen molar-refractivity contribution in [3.8, 4) is 0 Å². The molecular weight excluding hydrogens is 535 g/mol. The zero-order valence-corrected chi connectivity index (χ0v) is 22.2. The lowest BCUT2D eigenvalue weighted by Gasteiger charge is -2.22. The van der Waals surface area contributed by atoms with Crippen LogP contribution in [-0.4, -0.2) is 53.9 Å². The zero-order valence-electron chi connectivity index (χ0n) is 21.4. The number of hydrogen-bond acceptors (Lipinski definition) is 5. The van der Waals surface area contributed by atoms with E-state index >= 15 is 0 Å². The van der Waals surface area contributed by atoms with E-state index in [1.807, 2.05) is 13.8 Å². The summed E-state index contributed by atoms with van der Waals surface area (Å²) in [6.07, 6.45) is -1.05. The Balaban J connectivity index is 0.00000352. The number of oxime groups is 1. The SMILES string of the molecule is C=C/C(F)=C\C(=C)n1ncc(/C=C(C(=O)N(C)OC)/C(=N\OC)C2=C(Cl)C=CCC2F)c1C(F)(F)F.CC. The van der Waals surface area contributed by atoms with E-state index in [1.54, 1.807) is 0 Å². The monoisotopic (exact) mass is 562 g/mol. The van der Waals surface area contributed by atoms with Gasteiger partial charge in [-0.15, -0.1) is 0 Å². The third-order valence-corrected chi connectivity index (χ3v) is 5.13. The number of carbonyl (C=O) groups excluding carboxylic acids is 1. The number of halogens is 6. The van der Waals surface area contributed by atoms with Gasteiger partial charge in [0.25, 0.3) is 5.91 Å². The first-order valence-electron chi connectivity index (χ1n) is 11.1. The standard InChI is InChI=1S/C23H22ClF5N4O3.C2H6/c1-6-15(25)10-13(2)33-21(23(27,28)29)14(12-30-33)11-16(22(34)32(3)36-5)20(31-35-4)19-17(24)8-7-9-18(19)26;1-2/h6-8,10-12,18H,1-2,9H2,3-5H3;1-2H3/b15-10+,16-11-,31-20+;. The molecule has 1 aliphatic rings. The van der Waals surface area contributed by atoms with Gasteiger partial charge in [0.05, 0.1) is 24.6 Å². The second-order valence-electron chi connectivity index (χ2n) is 7.12. The minimum Gasteiger partial charge on any atom is -0.399 e. The molecule has 38 heavy (non-hydrogen) atoms. The van der Waals surface area contributed by atoms with Gasteiger partial charge in [0.1, 0.15) is 24.8 Å². The fourth-order valence-corrected chi connectivity index (χ4v) is 3.43. The highest BCUT2D eigenvalue weighted by atomic mass is 35.5. The first-order valence-corrected chi connectivity index (χ1v) is 11.4. The van der Waals surface area contributed by atoms with Gasteiger partial charge in [0.2, 0.25) is 0 Å². The topological polar surface area (TPSA) is 69.0 Å². The third-order valence-electron chi connectivity index (χ3n) is 4.80. The molecule has 0 N–H and O–H groups in total. The lowest BCUT2D eigenvalue weighted by Crippen LogP contribution is -2.32. The number of hydroxylamine groups is 2. The lowest BCUT2D eigenvalue weighted by atomic mass is 9.92. The highest BCUT2D eigenvalue weighted by molar-refractivity contribution is 6.38. The molecule has 1 aliphatic carbocycles. The van der Waals surface area contributed by atoms with Gasteiger partial charge in [0.15, 0.2) is 5.69 Å². The van der Waals surface area contributed by atoms with Gasteiger partial charge in [0, 0.05) is 29.6 Å². The maximum atomic E-state index is 14.9. The summed E-state index contributed by atoms with van der Waals surface area (Å²) in [6.45, 7) is 10.6. The summed E-state index contributed by atoms with van der Waals surface area (Å²) in [5, 5.41) is 7.91. The Morgan fingerprint density at radius 1 is 1.34 bits per heavy atom. The third kappa shape index (κ3) is 7.75. The molecule has 1 heterocycles. The minimum absolute atomic E-state index is 0.122. The van der Waals surface area contributed by atoms with E-state index in [2.05, 4.69) is 23.4 Å². The Hall–Kier alpha value is -3.51. The first-order chi connectivity index (χ1) is 17.9. The smallest absolute Gasteiger partial charge is 0.399 e. The second-order valence-corrected chi connectivity index (χ2v) is 7.52. The number of hydrogen-bond donors (Lipinski definition) is 0. The van der Waals surface area contributed by atoms with Crippen LogP contribution in [0, 0.1) is 0 Å². The summed E-state index contributed by atoms with van der Waals surface area (Å²) in [4.78, 5) is 22.8. The van der Waals surface area contributed by atoms with Crippen molar-refractivity contribution in [2.45, 2.75) is 32.6 Å². The van der Waals surface area contributed by atoms with Crippen LogP contribution in [-0.2, 0) is 20.6 Å². The average Bonchev–Trinajstić information content (AvgIpc) is 3.31. The molecule has 0 bridgehead atoms. The molecule has 0 saturated carbocycles. The Morgan fingerprint density at radius 2 is 1.97 bits per heavy atom. The number of alkyl halides is 4. The van der Waals surface area contributed by atoms with Crippen LogP contribution in [0.15, 0.2) is 70.8 Å².